The van der Waals surface area contributed by atoms with Crippen LogP contribution in [-0.4, -0.2) is 48.1 Å². The molecule has 6 nitrogen and oxygen atoms in total. The molecule has 156 valence electrons. The van der Waals surface area contributed by atoms with Crippen molar-refractivity contribution in [2.45, 2.75) is 48.6 Å². The van der Waals surface area contributed by atoms with Gasteiger partial charge in [-0.1, -0.05) is 24.3 Å². The van der Waals surface area contributed by atoms with E-state index in [1.807, 2.05) is 0 Å². The Kier molecular flexibility index (Phi) is 4.43. The van der Waals surface area contributed by atoms with Crippen molar-refractivity contribution in [1.29, 1.82) is 0 Å². The first kappa shape index (κ1) is 19.2. The van der Waals surface area contributed by atoms with Gasteiger partial charge in [-0.2, -0.15) is 0 Å². The summed E-state index contributed by atoms with van der Waals surface area (Å²) in [5, 5.41) is 0. The van der Waals surface area contributed by atoms with Gasteiger partial charge in [-0.05, 0) is 61.4 Å². The highest BCUT2D eigenvalue weighted by Gasteiger charge is 2.47. The molecule has 2 saturated heterocycles. The summed E-state index contributed by atoms with van der Waals surface area (Å²) in [6.45, 7) is -0.468. The molecule has 0 N–H and O–H groups in total. The first-order chi connectivity index (χ1) is 14.4. The van der Waals surface area contributed by atoms with E-state index in [9.17, 15) is 22.4 Å². The highest BCUT2D eigenvalue weighted by atomic mass is 32.2. The van der Waals surface area contributed by atoms with Crippen LogP contribution in [0.1, 0.15) is 47.5 Å². The quantitative estimate of drug-likeness (QED) is 0.754. The third-order valence-electron chi connectivity index (χ3n) is 6.55. The summed E-state index contributed by atoms with van der Waals surface area (Å²) in [5.41, 5.74) is 1.18. The van der Waals surface area contributed by atoms with Crippen LogP contribution >= 0.6 is 0 Å². The molecule has 0 aromatic heterocycles. The van der Waals surface area contributed by atoms with Gasteiger partial charge in [0, 0.05) is 12.1 Å². The number of rotatable bonds is 3. The van der Waals surface area contributed by atoms with E-state index in [0.29, 0.717) is 4.31 Å². The van der Waals surface area contributed by atoms with Crippen LogP contribution in [-0.2, 0) is 14.8 Å². The standard InChI is InChI=1S/C22H21FN2O4S/c23-16-7-5-14(6-8-16)15-11-17-9-10-18(12-15)25(17)21(26)13-24-22(27)19-3-1-2-4-20(19)30(24,28)29/h1-8,15,17-18H,9-13H2/t17-,18-/m1/s1. The van der Waals surface area contributed by atoms with E-state index in [1.54, 1.807) is 29.2 Å². The maximum atomic E-state index is 13.2. The van der Waals surface area contributed by atoms with Gasteiger partial charge in [0.15, 0.2) is 0 Å². The Morgan fingerprint density at radius 2 is 1.63 bits per heavy atom. The largest absolute Gasteiger partial charge is 0.335 e. The molecule has 0 radical (unpaired) electrons. The lowest BCUT2D eigenvalue weighted by Crippen LogP contribution is -2.50. The molecule has 30 heavy (non-hydrogen) atoms. The van der Waals surface area contributed by atoms with Crippen molar-refractivity contribution in [3.63, 3.8) is 0 Å². The molecule has 2 fully saturated rings. The third-order valence-corrected chi connectivity index (χ3v) is 8.34. The zero-order chi connectivity index (χ0) is 21.0. The molecular weight excluding hydrogens is 407 g/mol. The molecule has 3 heterocycles. The van der Waals surface area contributed by atoms with Crippen molar-refractivity contribution < 1.29 is 22.4 Å². The molecule has 5 rings (SSSR count). The van der Waals surface area contributed by atoms with Gasteiger partial charge in [0.1, 0.15) is 17.3 Å². The molecule has 3 aliphatic rings. The van der Waals surface area contributed by atoms with Gasteiger partial charge in [0.05, 0.1) is 5.56 Å². The number of carbonyl (C=O) groups excluding carboxylic acids is 2. The number of piperidine rings is 1. The predicted octanol–water partition coefficient (Wildman–Crippen LogP) is 2.91. The molecule has 0 unspecified atom stereocenters. The average molecular weight is 428 g/mol. The van der Waals surface area contributed by atoms with Crippen LogP contribution in [0.15, 0.2) is 53.4 Å². The minimum Gasteiger partial charge on any atom is -0.335 e. The molecule has 2 bridgehead atoms. The maximum absolute atomic E-state index is 13.2. The fourth-order valence-electron chi connectivity index (χ4n) is 5.18. The minimum absolute atomic E-state index is 0.00841. The van der Waals surface area contributed by atoms with Crippen LogP contribution in [0.2, 0.25) is 0 Å². The zero-order valence-corrected chi connectivity index (χ0v) is 17.0. The van der Waals surface area contributed by atoms with E-state index in [2.05, 4.69) is 0 Å². The minimum atomic E-state index is -4.00. The second-order valence-electron chi connectivity index (χ2n) is 8.22. The highest BCUT2D eigenvalue weighted by molar-refractivity contribution is 7.90. The first-order valence-corrected chi connectivity index (χ1v) is 11.5. The van der Waals surface area contributed by atoms with Crippen molar-refractivity contribution in [2.24, 2.45) is 0 Å². The number of hydrogen-bond acceptors (Lipinski definition) is 4. The Balaban J connectivity index is 1.34. The summed E-state index contributed by atoms with van der Waals surface area (Å²) in [4.78, 5) is 27.5. The van der Waals surface area contributed by atoms with E-state index in [1.165, 1.54) is 24.3 Å². The van der Waals surface area contributed by atoms with Gasteiger partial charge < -0.3 is 4.90 Å². The van der Waals surface area contributed by atoms with Gasteiger partial charge in [-0.15, -0.1) is 0 Å². The second-order valence-corrected chi connectivity index (χ2v) is 10.0. The summed E-state index contributed by atoms with van der Waals surface area (Å²) in [6.07, 6.45) is 3.23. The first-order valence-electron chi connectivity index (χ1n) is 10.1. The van der Waals surface area contributed by atoms with Gasteiger partial charge >= 0.3 is 0 Å². The lowest BCUT2D eigenvalue weighted by atomic mass is 9.85. The number of halogens is 1. The number of hydrogen-bond donors (Lipinski definition) is 0. The van der Waals surface area contributed by atoms with Crippen molar-refractivity contribution >= 4 is 21.8 Å². The van der Waals surface area contributed by atoms with Crippen LogP contribution < -0.4 is 0 Å². The van der Waals surface area contributed by atoms with Crippen molar-refractivity contribution in [1.82, 2.24) is 9.21 Å². The smallest absolute Gasteiger partial charge is 0.269 e. The molecule has 8 heteroatoms. The van der Waals surface area contributed by atoms with Crippen LogP contribution in [0.25, 0.3) is 0 Å². The average Bonchev–Trinajstić information content (AvgIpc) is 3.11. The SMILES string of the molecule is O=C(CN1C(=O)c2ccccc2S1(=O)=O)N1[C@@H]2CC[C@@H]1CC(c1ccc(F)cc1)C2. The van der Waals surface area contributed by atoms with Crippen LogP contribution in [0, 0.1) is 5.82 Å². The summed E-state index contributed by atoms with van der Waals surface area (Å²) in [5.74, 6) is -1.00. The third kappa shape index (κ3) is 2.93. The predicted molar refractivity (Wildman–Crippen MR) is 107 cm³/mol. The second kappa shape index (κ2) is 6.91. The Hall–Kier alpha value is -2.74. The fourth-order valence-corrected chi connectivity index (χ4v) is 6.70. The fraction of sp³-hybridized carbons (Fsp3) is 0.364. The lowest BCUT2D eigenvalue weighted by molar-refractivity contribution is -0.135. The van der Waals surface area contributed by atoms with E-state index in [4.69, 9.17) is 0 Å². The summed E-state index contributed by atoms with van der Waals surface area (Å²) < 4.78 is 39.5. The Bertz CT molecular complexity index is 1120. The maximum Gasteiger partial charge on any atom is 0.269 e. The Labute approximate surface area is 174 Å². The molecule has 0 saturated carbocycles. The lowest BCUT2D eigenvalue weighted by Gasteiger charge is -2.39. The van der Waals surface area contributed by atoms with Gasteiger partial charge in [0.25, 0.3) is 15.9 Å². The summed E-state index contributed by atoms with van der Waals surface area (Å²) >= 11 is 0. The number of nitrogens with zero attached hydrogens (tertiary/aromatic N) is 2. The van der Waals surface area contributed by atoms with Crippen LogP contribution in [0.3, 0.4) is 0 Å². The molecular formula is C22H21FN2O4S. The van der Waals surface area contributed by atoms with E-state index < -0.39 is 22.5 Å². The Morgan fingerprint density at radius 1 is 1.00 bits per heavy atom. The number of carbonyl (C=O) groups is 2. The number of fused-ring (bicyclic) bond motifs is 3. The number of amides is 2. The van der Waals surface area contributed by atoms with Crippen molar-refractivity contribution in [3.05, 3.63) is 65.5 Å². The molecule has 2 amide bonds. The highest BCUT2D eigenvalue weighted by Crippen LogP contribution is 2.43. The monoisotopic (exact) mass is 428 g/mol. The van der Waals surface area contributed by atoms with Crippen LogP contribution in [0.5, 0.6) is 0 Å². The van der Waals surface area contributed by atoms with E-state index >= 15 is 0 Å². The topological polar surface area (TPSA) is 74.8 Å². The summed E-state index contributed by atoms with van der Waals surface area (Å²) in [6, 6.07) is 12.6. The molecule has 2 aromatic carbocycles. The van der Waals surface area contributed by atoms with Gasteiger partial charge in [0.2, 0.25) is 5.91 Å². The molecule has 2 aromatic rings. The normalized spacial score (nSPS) is 26.7. The summed E-state index contributed by atoms with van der Waals surface area (Å²) in [7, 11) is -4.00. The van der Waals surface area contributed by atoms with Crippen molar-refractivity contribution in [3.8, 4) is 0 Å². The number of sulfonamides is 1. The molecule has 2 atom stereocenters. The van der Waals surface area contributed by atoms with Gasteiger partial charge in [-0.3, -0.25) is 9.59 Å². The molecule has 0 spiro atoms. The molecule has 3 aliphatic heterocycles. The number of benzene rings is 2. The zero-order valence-electron chi connectivity index (χ0n) is 16.2. The van der Waals surface area contributed by atoms with Gasteiger partial charge in [-0.25, -0.2) is 17.1 Å². The molecule has 0 aliphatic carbocycles. The van der Waals surface area contributed by atoms with Crippen LogP contribution in [0.4, 0.5) is 4.39 Å². The van der Waals surface area contributed by atoms with E-state index in [0.717, 1.165) is 31.2 Å². The Morgan fingerprint density at radius 3 is 2.27 bits per heavy atom. The van der Waals surface area contributed by atoms with E-state index in [-0.39, 0.29) is 40.2 Å². The van der Waals surface area contributed by atoms with Crippen molar-refractivity contribution in [2.75, 3.05) is 6.54 Å².